The number of nitrogens with two attached hydrogens (primary N) is 1. The van der Waals surface area contributed by atoms with Crippen LogP contribution in [-0.4, -0.2) is 38.4 Å². The number of aromatic hydroxyl groups is 1. The lowest BCUT2D eigenvalue weighted by Gasteiger charge is -2.14. The lowest BCUT2D eigenvalue weighted by Crippen LogP contribution is -2.11. The van der Waals surface area contributed by atoms with Crippen molar-refractivity contribution in [1.82, 2.24) is 15.0 Å². The molecule has 0 saturated heterocycles. The zero-order valence-electron chi connectivity index (χ0n) is 18.2. The molecule has 8 nitrogen and oxygen atoms in total. The highest BCUT2D eigenvalue weighted by Gasteiger charge is 2.17. The third-order valence-corrected chi connectivity index (χ3v) is 5.20. The van der Waals surface area contributed by atoms with Crippen LogP contribution in [0.25, 0.3) is 28.6 Å². The van der Waals surface area contributed by atoms with E-state index in [0.29, 0.717) is 57.2 Å². The van der Waals surface area contributed by atoms with E-state index in [9.17, 15) is 9.90 Å². The summed E-state index contributed by atoms with van der Waals surface area (Å²) in [6, 6.07) is 17.6. The van der Waals surface area contributed by atoms with Gasteiger partial charge in [-0.2, -0.15) is 12.6 Å². The molecule has 0 spiro atoms. The van der Waals surface area contributed by atoms with E-state index in [0.717, 1.165) is 0 Å². The first-order valence-electron chi connectivity index (χ1n) is 10.4. The van der Waals surface area contributed by atoms with Crippen LogP contribution in [0.5, 0.6) is 5.75 Å². The number of nitrogens with zero attached hydrogens (tertiary/aromatic N) is 3. The minimum atomic E-state index is -0.259. The van der Waals surface area contributed by atoms with Crippen LogP contribution in [0.15, 0.2) is 73.4 Å². The number of carbonyl (C=O) groups is 1. The lowest BCUT2D eigenvalue weighted by atomic mass is 10.0. The van der Waals surface area contributed by atoms with Crippen LogP contribution >= 0.6 is 12.6 Å². The molecule has 34 heavy (non-hydrogen) atoms. The zero-order valence-corrected chi connectivity index (χ0v) is 19.1. The van der Waals surface area contributed by atoms with Crippen molar-refractivity contribution in [3.8, 4) is 11.4 Å². The number of phenolic OH excluding ortho intramolecular Hbond substituents is 1. The molecular weight excluding hydrogens is 450 g/mol. The summed E-state index contributed by atoms with van der Waals surface area (Å²) in [5.74, 6) is 0.569. The van der Waals surface area contributed by atoms with Crippen molar-refractivity contribution in [2.45, 2.75) is 0 Å². The van der Waals surface area contributed by atoms with Gasteiger partial charge in [0.2, 0.25) is 0 Å². The highest BCUT2D eigenvalue weighted by molar-refractivity contribution is 7.80. The van der Waals surface area contributed by atoms with Crippen LogP contribution < -0.4 is 11.1 Å². The Balaban J connectivity index is 1.67. The van der Waals surface area contributed by atoms with Gasteiger partial charge in [-0.1, -0.05) is 24.8 Å². The number of para-hydroxylation sites is 1. The minimum absolute atomic E-state index is 0.0860. The van der Waals surface area contributed by atoms with Gasteiger partial charge in [-0.05, 0) is 54.7 Å². The molecule has 9 heteroatoms. The third-order valence-electron chi connectivity index (χ3n) is 5.02. The number of thiol groups is 1. The molecule has 172 valence electrons. The molecule has 0 bridgehead atoms. The topological polar surface area (TPSA) is 115 Å². The fourth-order valence-corrected chi connectivity index (χ4v) is 3.49. The quantitative estimate of drug-likeness (QED) is 0.225. The van der Waals surface area contributed by atoms with Crippen LogP contribution in [0.1, 0.15) is 21.5 Å². The SMILES string of the molecule is C=C(OCCS)c1ccc(-n2nc3ccc(C(=O)Nc4ccccc4)cc3n2)c(O)c1/C=C\N. The molecule has 3 aromatic carbocycles. The third kappa shape index (κ3) is 4.74. The van der Waals surface area contributed by atoms with Crippen molar-refractivity contribution >= 4 is 47.1 Å². The normalized spacial score (nSPS) is 11.1. The first kappa shape index (κ1) is 22.9. The van der Waals surface area contributed by atoms with Gasteiger partial charge in [0.25, 0.3) is 5.91 Å². The van der Waals surface area contributed by atoms with Gasteiger partial charge in [0.05, 0.1) is 6.61 Å². The van der Waals surface area contributed by atoms with E-state index < -0.39 is 0 Å². The van der Waals surface area contributed by atoms with E-state index in [1.165, 1.54) is 11.0 Å². The van der Waals surface area contributed by atoms with E-state index in [1.54, 1.807) is 36.4 Å². The summed E-state index contributed by atoms with van der Waals surface area (Å²) < 4.78 is 5.56. The van der Waals surface area contributed by atoms with Gasteiger partial charge in [0, 0.05) is 28.1 Å². The number of amides is 1. The fourth-order valence-electron chi connectivity index (χ4n) is 3.40. The molecule has 0 saturated carbocycles. The molecule has 0 unspecified atom stereocenters. The highest BCUT2D eigenvalue weighted by atomic mass is 32.1. The predicted molar refractivity (Wildman–Crippen MR) is 137 cm³/mol. The summed E-state index contributed by atoms with van der Waals surface area (Å²) in [5, 5.41) is 22.7. The average molecular weight is 474 g/mol. The minimum Gasteiger partial charge on any atom is -0.505 e. The summed E-state index contributed by atoms with van der Waals surface area (Å²) >= 11 is 4.13. The molecule has 0 fully saturated rings. The summed E-state index contributed by atoms with van der Waals surface area (Å²) in [5.41, 5.74) is 9.15. The number of anilines is 1. The van der Waals surface area contributed by atoms with Gasteiger partial charge < -0.3 is 20.9 Å². The number of carbonyl (C=O) groups excluding carboxylic acids is 1. The Hall–Kier alpha value is -4.24. The summed E-state index contributed by atoms with van der Waals surface area (Å²) in [7, 11) is 0. The van der Waals surface area contributed by atoms with Crippen molar-refractivity contribution in [2.24, 2.45) is 5.73 Å². The van der Waals surface area contributed by atoms with Gasteiger partial charge in [0.1, 0.15) is 22.5 Å². The van der Waals surface area contributed by atoms with E-state index in [2.05, 4.69) is 34.7 Å². The Morgan fingerprint density at radius 3 is 2.65 bits per heavy atom. The molecule has 1 amide bonds. The number of benzene rings is 3. The summed E-state index contributed by atoms with van der Waals surface area (Å²) in [6.45, 7) is 4.30. The Morgan fingerprint density at radius 1 is 1.15 bits per heavy atom. The van der Waals surface area contributed by atoms with Crippen LogP contribution in [-0.2, 0) is 4.74 Å². The summed E-state index contributed by atoms with van der Waals surface area (Å²) in [4.78, 5) is 13.9. The molecule has 1 aromatic heterocycles. The molecule has 0 aliphatic carbocycles. The molecule has 0 aliphatic rings. The van der Waals surface area contributed by atoms with E-state index in [4.69, 9.17) is 10.5 Å². The number of hydrogen-bond acceptors (Lipinski definition) is 7. The summed E-state index contributed by atoms with van der Waals surface area (Å²) in [6.07, 6.45) is 2.87. The maximum absolute atomic E-state index is 12.6. The van der Waals surface area contributed by atoms with Crippen molar-refractivity contribution in [3.63, 3.8) is 0 Å². The Bertz CT molecular complexity index is 1380. The lowest BCUT2D eigenvalue weighted by molar-refractivity contribution is 0.102. The zero-order chi connectivity index (χ0) is 24.1. The van der Waals surface area contributed by atoms with Crippen LogP contribution in [0.2, 0.25) is 0 Å². The van der Waals surface area contributed by atoms with Crippen molar-refractivity contribution in [2.75, 3.05) is 17.7 Å². The smallest absolute Gasteiger partial charge is 0.255 e. The Labute approximate surface area is 201 Å². The number of aromatic nitrogens is 3. The van der Waals surface area contributed by atoms with Crippen LogP contribution in [0.3, 0.4) is 0 Å². The molecule has 0 atom stereocenters. The second-order valence-electron chi connectivity index (χ2n) is 7.26. The molecule has 0 radical (unpaired) electrons. The van der Waals surface area contributed by atoms with Crippen LogP contribution in [0, 0.1) is 0 Å². The largest absolute Gasteiger partial charge is 0.505 e. The van der Waals surface area contributed by atoms with Gasteiger partial charge in [-0.15, -0.1) is 15.0 Å². The molecule has 0 aliphatic heterocycles. The van der Waals surface area contributed by atoms with E-state index in [1.807, 2.05) is 30.3 Å². The average Bonchev–Trinajstić information content (AvgIpc) is 3.27. The second kappa shape index (κ2) is 10.1. The molecular formula is C25H23N5O3S. The molecule has 4 N–H and O–H groups in total. The number of rotatable bonds is 8. The maximum Gasteiger partial charge on any atom is 0.255 e. The number of nitrogens with one attached hydrogen (secondary N) is 1. The standard InChI is InChI=1S/C25H23N5O3S/c1-16(33-13-14-34)19-8-10-23(24(31)20(19)11-12-26)30-28-21-9-7-17(15-22(21)29-30)25(32)27-18-5-3-2-4-6-18/h2-12,15,31,34H,1,13-14,26H2,(H,27,32)/b12-11-. The second-order valence-corrected chi connectivity index (χ2v) is 7.71. The predicted octanol–water partition coefficient (Wildman–Crippen LogP) is 4.22. The van der Waals surface area contributed by atoms with Crippen LogP contribution in [0.4, 0.5) is 5.69 Å². The van der Waals surface area contributed by atoms with Gasteiger partial charge in [-0.3, -0.25) is 4.79 Å². The number of hydrogen-bond donors (Lipinski definition) is 4. The van der Waals surface area contributed by atoms with Crippen molar-refractivity contribution in [1.29, 1.82) is 0 Å². The monoisotopic (exact) mass is 473 g/mol. The van der Waals surface area contributed by atoms with Gasteiger partial charge in [0.15, 0.2) is 5.75 Å². The first-order chi connectivity index (χ1) is 16.5. The van der Waals surface area contributed by atoms with E-state index >= 15 is 0 Å². The van der Waals surface area contributed by atoms with Crippen molar-refractivity contribution < 1.29 is 14.6 Å². The van der Waals surface area contributed by atoms with E-state index in [-0.39, 0.29) is 11.7 Å². The Morgan fingerprint density at radius 2 is 1.91 bits per heavy atom. The molecule has 1 heterocycles. The van der Waals surface area contributed by atoms with Gasteiger partial charge >= 0.3 is 0 Å². The fraction of sp³-hybridized carbons (Fsp3) is 0.0800. The number of fused-ring (bicyclic) bond motifs is 1. The van der Waals surface area contributed by atoms with Gasteiger partial charge in [-0.25, -0.2) is 0 Å². The molecule has 4 aromatic rings. The van der Waals surface area contributed by atoms with Crippen molar-refractivity contribution in [3.05, 3.63) is 90.1 Å². The highest BCUT2D eigenvalue weighted by Crippen LogP contribution is 2.33. The number of phenols is 1. The first-order valence-corrected chi connectivity index (χ1v) is 11.1. The maximum atomic E-state index is 12.6. The Kier molecular flexibility index (Phi) is 6.84. The number of ether oxygens (including phenoxy) is 1. The molecule has 4 rings (SSSR count).